The molecule has 0 bridgehead atoms. The summed E-state index contributed by atoms with van der Waals surface area (Å²) in [5.74, 6) is -0.867. The van der Waals surface area contributed by atoms with Crippen LogP contribution in [0.1, 0.15) is 19.5 Å². The average molecular weight is 244 g/mol. The van der Waals surface area contributed by atoms with Crippen molar-refractivity contribution in [2.24, 2.45) is 0 Å². The Hall–Kier alpha value is -1.14. The van der Waals surface area contributed by atoms with Crippen LogP contribution in [0.2, 0.25) is 0 Å². The van der Waals surface area contributed by atoms with Crippen LogP contribution in [0.4, 0.5) is 5.13 Å². The molecule has 1 aromatic heterocycles. The van der Waals surface area contributed by atoms with Gasteiger partial charge in [-0.15, -0.1) is 11.3 Å². The standard InChI is InChI=1S/C10H16N2O3S/c1-10(2,15-3)6-11-9-12-7(5-16-9)4-8(13)14/h5H,4,6H2,1-3H3,(H,11,12)(H,13,14). The molecular formula is C10H16N2O3S. The highest BCUT2D eigenvalue weighted by atomic mass is 32.1. The minimum Gasteiger partial charge on any atom is -0.481 e. The summed E-state index contributed by atoms with van der Waals surface area (Å²) in [6.45, 7) is 4.56. The molecule has 0 fully saturated rings. The molecule has 2 N–H and O–H groups in total. The second kappa shape index (κ2) is 5.27. The molecule has 0 saturated heterocycles. The Kier molecular flexibility index (Phi) is 4.26. The SMILES string of the molecule is COC(C)(C)CNc1nc(CC(=O)O)cs1. The van der Waals surface area contributed by atoms with Crippen LogP contribution in [0.25, 0.3) is 0 Å². The largest absolute Gasteiger partial charge is 0.481 e. The maximum atomic E-state index is 10.5. The van der Waals surface area contributed by atoms with Gasteiger partial charge in [0.2, 0.25) is 0 Å². The molecule has 16 heavy (non-hydrogen) atoms. The Morgan fingerprint density at radius 3 is 2.94 bits per heavy atom. The third-order valence-electron chi connectivity index (χ3n) is 2.10. The molecule has 0 aliphatic heterocycles. The first-order chi connectivity index (χ1) is 7.43. The highest BCUT2D eigenvalue weighted by Gasteiger charge is 2.16. The molecule has 0 unspecified atom stereocenters. The van der Waals surface area contributed by atoms with Gasteiger partial charge >= 0.3 is 5.97 Å². The number of ether oxygens (including phenoxy) is 1. The van der Waals surface area contributed by atoms with E-state index in [1.165, 1.54) is 11.3 Å². The van der Waals surface area contributed by atoms with Crippen molar-refractivity contribution in [3.8, 4) is 0 Å². The van der Waals surface area contributed by atoms with Crippen LogP contribution < -0.4 is 5.32 Å². The normalized spacial score (nSPS) is 11.4. The minimum atomic E-state index is -0.867. The van der Waals surface area contributed by atoms with Crippen LogP contribution >= 0.6 is 11.3 Å². The number of hydrogen-bond acceptors (Lipinski definition) is 5. The predicted octanol–water partition coefficient (Wildman–Crippen LogP) is 1.61. The zero-order chi connectivity index (χ0) is 12.2. The molecule has 0 radical (unpaired) electrons. The van der Waals surface area contributed by atoms with Crippen molar-refractivity contribution in [2.45, 2.75) is 25.9 Å². The first-order valence-electron chi connectivity index (χ1n) is 4.88. The molecule has 0 aliphatic carbocycles. The predicted molar refractivity (Wildman–Crippen MR) is 63.0 cm³/mol. The maximum absolute atomic E-state index is 10.5. The average Bonchev–Trinajstić information content (AvgIpc) is 2.62. The molecule has 0 spiro atoms. The van der Waals surface area contributed by atoms with Crippen molar-refractivity contribution in [2.75, 3.05) is 19.0 Å². The lowest BCUT2D eigenvalue weighted by Gasteiger charge is -2.22. The summed E-state index contributed by atoms with van der Waals surface area (Å²) in [7, 11) is 1.65. The monoisotopic (exact) mass is 244 g/mol. The molecule has 1 rings (SSSR count). The van der Waals surface area contributed by atoms with Gasteiger partial charge in [0, 0.05) is 19.0 Å². The number of anilines is 1. The summed E-state index contributed by atoms with van der Waals surface area (Å²) in [4.78, 5) is 14.6. The van der Waals surface area contributed by atoms with Gasteiger partial charge in [0.1, 0.15) is 0 Å². The molecule has 1 aromatic rings. The van der Waals surface area contributed by atoms with Crippen LogP contribution in [0.15, 0.2) is 5.38 Å². The summed E-state index contributed by atoms with van der Waals surface area (Å²) in [6.07, 6.45) is -0.0359. The fourth-order valence-electron chi connectivity index (χ4n) is 0.985. The molecule has 0 aromatic carbocycles. The maximum Gasteiger partial charge on any atom is 0.309 e. The quantitative estimate of drug-likeness (QED) is 0.795. The van der Waals surface area contributed by atoms with E-state index in [1.54, 1.807) is 12.5 Å². The minimum absolute atomic E-state index is 0.0359. The number of carboxylic acid groups (broad SMARTS) is 1. The van der Waals surface area contributed by atoms with Gasteiger partial charge in [-0.3, -0.25) is 4.79 Å². The van der Waals surface area contributed by atoms with E-state index < -0.39 is 5.97 Å². The lowest BCUT2D eigenvalue weighted by molar-refractivity contribution is -0.136. The summed E-state index contributed by atoms with van der Waals surface area (Å²) in [5.41, 5.74) is 0.314. The molecule has 0 amide bonds. The van der Waals surface area contributed by atoms with Crippen molar-refractivity contribution in [3.05, 3.63) is 11.1 Å². The molecule has 5 nitrogen and oxygen atoms in total. The molecule has 90 valence electrons. The van der Waals surface area contributed by atoms with Gasteiger partial charge in [0.15, 0.2) is 5.13 Å². The number of thiazole rings is 1. The van der Waals surface area contributed by atoms with Crippen LogP contribution in [-0.4, -0.2) is 35.3 Å². The van der Waals surface area contributed by atoms with E-state index in [0.717, 1.165) is 5.13 Å². The van der Waals surface area contributed by atoms with Crippen molar-refractivity contribution in [1.82, 2.24) is 4.98 Å². The van der Waals surface area contributed by atoms with Gasteiger partial charge in [0.25, 0.3) is 0 Å². The number of rotatable bonds is 6. The van der Waals surface area contributed by atoms with Crippen LogP contribution in [0, 0.1) is 0 Å². The zero-order valence-electron chi connectivity index (χ0n) is 9.61. The lowest BCUT2D eigenvalue weighted by Crippen LogP contribution is -2.32. The number of hydrogen-bond donors (Lipinski definition) is 2. The Balaban J connectivity index is 2.49. The number of carboxylic acids is 1. The summed E-state index contributed by atoms with van der Waals surface area (Å²) < 4.78 is 5.25. The van der Waals surface area contributed by atoms with E-state index in [9.17, 15) is 4.79 Å². The summed E-state index contributed by atoms with van der Waals surface area (Å²) in [6, 6.07) is 0. The van der Waals surface area contributed by atoms with Crippen molar-refractivity contribution in [3.63, 3.8) is 0 Å². The van der Waals surface area contributed by atoms with Gasteiger partial charge in [0.05, 0.1) is 17.7 Å². The second-order valence-electron chi connectivity index (χ2n) is 4.03. The summed E-state index contributed by atoms with van der Waals surface area (Å²) >= 11 is 1.40. The first-order valence-corrected chi connectivity index (χ1v) is 5.76. The Labute approximate surface area is 98.5 Å². The number of carbonyl (C=O) groups is 1. The zero-order valence-corrected chi connectivity index (χ0v) is 10.4. The van der Waals surface area contributed by atoms with E-state index in [4.69, 9.17) is 9.84 Å². The Morgan fingerprint density at radius 2 is 2.38 bits per heavy atom. The Bertz CT molecular complexity index is 363. The van der Waals surface area contributed by atoms with Crippen molar-refractivity contribution < 1.29 is 14.6 Å². The fourth-order valence-corrected chi connectivity index (χ4v) is 1.69. The summed E-state index contributed by atoms with van der Waals surface area (Å²) in [5, 5.41) is 14.2. The Morgan fingerprint density at radius 1 is 1.69 bits per heavy atom. The van der Waals surface area contributed by atoms with E-state index in [-0.39, 0.29) is 12.0 Å². The fraction of sp³-hybridized carbons (Fsp3) is 0.600. The molecular weight excluding hydrogens is 228 g/mol. The molecule has 0 atom stereocenters. The van der Waals surface area contributed by atoms with Crippen molar-refractivity contribution >= 4 is 22.4 Å². The van der Waals surface area contributed by atoms with E-state index in [0.29, 0.717) is 12.2 Å². The van der Waals surface area contributed by atoms with Gasteiger partial charge in [-0.2, -0.15) is 0 Å². The number of nitrogens with zero attached hydrogens (tertiary/aromatic N) is 1. The van der Waals surface area contributed by atoms with Crippen molar-refractivity contribution in [1.29, 1.82) is 0 Å². The smallest absolute Gasteiger partial charge is 0.309 e. The van der Waals surface area contributed by atoms with Crippen LogP contribution in [0.3, 0.4) is 0 Å². The molecule has 0 saturated carbocycles. The third-order valence-corrected chi connectivity index (χ3v) is 2.95. The number of nitrogens with one attached hydrogen (secondary N) is 1. The number of methoxy groups -OCH3 is 1. The topological polar surface area (TPSA) is 71.5 Å². The number of aliphatic carboxylic acids is 1. The van der Waals surface area contributed by atoms with Gasteiger partial charge in [-0.25, -0.2) is 4.98 Å². The van der Waals surface area contributed by atoms with Crippen LogP contribution in [0.5, 0.6) is 0 Å². The molecule has 0 aliphatic rings. The highest BCUT2D eigenvalue weighted by molar-refractivity contribution is 7.13. The van der Waals surface area contributed by atoms with Gasteiger partial charge < -0.3 is 15.2 Å². The van der Waals surface area contributed by atoms with E-state index in [2.05, 4.69) is 10.3 Å². The van der Waals surface area contributed by atoms with E-state index in [1.807, 2.05) is 13.8 Å². The molecule has 6 heteroatoms. The van der Waals surface area contributed by atoms with Gasteiger partial charge in [-0.1, -0.05) is 0 Å². The van der Waals surface area contributed by atoms with Crippen LogP contribution in [-0.2, 0) is 16.0 Å². The van der Waals surface area contributed by atoms with E-state index >= 15 is 0 Å². The lowest BCUT2D eigenvalue weighted by atomic mass is 10.1. The third kappa shape index (κ3) is 4.16. The number of aromatic nitrogens is 1. The highest BCUT2D eigenvalue weighted by Crippen LogP contribution is 2.17. The second-order valence-corrected chi connectivity index (χ2v) is 4.89. The van der Waals surface area contributed by atoms with Gasteiger partial charge in [-0.05, 0) is 13.8 Å². The first kappa shape index (κ1) is 12.9. The molecule has 1 heterocycles.